The van der Waals surface area contributed by atoms with Crippen molar-refractivity contribution in [2.75, 3.05) is 6.61 Å². The molecule has 0 fully saturated rings. The molecule has 0 unspecified atom stereocenters. The van der Waals surface area contributed by atoms with Crippen LogP contribution in [0.1, 0.15) is 24.7 Å². The number of benzene rings is 1. The lowest BCUT2D eigenvalue weighted by Crippen LogP contribution is -2.66. The lowest BCUT2D eigenvalue weighted by atomic mass is 10.0. The third kappa shape index (κ3) is 4.98. The first-order valence-electron chi connectivity index (χ1n) is 11.7. The quantitative estimate of drug-likeness (QED) is 0.195. The number of hydrogen-bond acceptors (Lipinski definition) is 6. The molecule has 6 rings (SSSR count). The maximum Gasteiger partial charge on any atom is 0.345 e. The van der Waals surface area contributed by atoms with Crippen molar-refractivity contribution >= 4 is 23.2 Å². The third-order valence-electron chi connectivity index (χ3n) is 6.28. The lowest BCUT2D eigenvalue weighted by Gasteiger charge is -2.16. The van der Waals surface area contributed by atoms with Crippen LogP contribution in [-0.2, 0) is 4.74 Å². The molecule has 41 heavy (non-hydrogen) atoms. The SMILES string of the molecule is Fc1c(Cl)ccc(-n2cnnn2)c1-c1ccc2[n+](c1)On1cc(-c3nn(C(F)F)cc3Cl)c[n+]1[C@@H]2CCOC(F)F. The van der Waals surface area contributed by atoms with Crippen LogP contribution in [0.2, 0.25) is 10.0 Å². The van der Waals surface area contributed by atoms with E-state index in [4.69, 9.17) is 28.1 Å². The van der Waals surface area contributed by atoms with E-state index in [-0.39, 0.29) is 40.0 Å². The Morgan fingerprint density at radius 3 is 2.56 bits per heavy atom. The minimum atomic E-state index is -2.98. The van der Waals surface area contributed by atoms with Crippen LogP contribution in [0.4, 0.5) is 22.0 Å². The highest BCUT2D eigenvalue weighted by Crippen LogP contribution is 2.34. The van der Waals surface area contributed by atoms with Crippen molar-refractivity contribution in [2.24, 2.45) is 0 Å². The van der Waals surface area contributed by atoms with Gasteiger partial charge in [-0.05, 0) is 39.4 Å². The van der Waals surface area contributed by atoms with Gasteiger partial charge in [0, 0.05) is 22.2 Å². The smallest absolute Gasteiger partial charge is 0.323 e. The first kappa shape index (κ1) is 27.0. The second kappa shape index (κ2) is 10.7. The second-order valence-corrected chi connectivity index (χ2v) is 9.49. The van der Waals surface area contributed by atoms with Gasteiger partial charge >= 0.3 is 13.2 Å². The van der Waals surface area contributed by atoms with Gasteiger partial charge in [0.05, 0.1) is 28.5 Å². The maximum absolute atomic E-state index is 15.4. The molecule has 1 aliphatic heterocycles. The molecule has 212 valence electrons. The Hall–Kier alpha value is -4.15. The van der Waals surface area contributed by atoms with E-state index in [0.29, 0.717) is 21.5 Å². The third-order valence-corrected chi connectivity index (χ3v) is 6.85. The van der Waals surface area contributed by atoms with Crippen LogP contribution in [-0.4, -0.2) is 48.1 Å². The molecule has 0 saturated heterocycles. The van der Waals surface area contributed by atoms with E-state index >= 15 is 4.39 Å². The van der Waals surface area contributed by atoms with Gasteiger partial charge in [-0.3, -0.25) is 0 Å². The summed E-state index contributed by atoms with van der Waals surface area (Å²) in [4.78, 5) is 7.22. The van der Waals surface area contributed by atoms with Crippen molar-refractivity contribution in [3.05, 3.63) is 76.9 Å². The van der Waals surface area contributed by atoms with Crippen molar-refractivity contribution in [1.82, 2.24) is 34.8 Å². The maximum atomic E-state index is 15.4. The van der Waals surface area contributed by atoms with Crippen molar-refractivity contribution < 1.29 is 41.0 Å². The monoisotopic (exact) mass is 615 g/mol. The largest absolute Gasteiger partial charge is 0.345 e. The molecule has 0 N–H and O–H groups in total. The van der Waals surface area contributed by atoms with Gasteiger partial charge in [-0.2, -0.15) is 27.3 Å². The number of tetrazole rings is 1. The van der Waals surface area contributed by atoms with Crippen LogP contribution in [0.5, 0.6) is 0 Å². The summed E-state index contributed by atoms with van der Waals surface area (Å²) in [6.45, 7) is -6.22. The van der Waals surface area contributed by atoms with E-state index < -0.39 is 25.0 Å². The molecule has 0 amide bonds. The summed E-state index contributed by atoms with van der Waals surface area (Å²) < 4.78 is 76.3. The van der Waals surface area contributed by atoms with Gasteiger partial charge in [0.25, 0.3) is 6.04 Å². The molecule has 0 saturated carbocycles. The summed E-state index contributed by atoms with van der Waals surface area (Å²) in [5.41, 5.74) is 1.51. The van der Waals surface area contributed by atoms with E-state index in [9.17, 15) is 17.6 Å². The van der Waals surface area contributed by atoms with Crippen molar-refractivity contribution in [3.63, 3.8) is 0 Å². The standard InChI is InChI=1S/C23H16Cl2F5N9O2/c24-14-2-4-18(36-11-31-33-34-36)19(20(14)26)12-1-3-17-16(5-6-40-23(29)30)37-7-13(9-39(37)41-38(17)8-12)21-15(25)10-35(32-21)22(27)28/h1-4,7-11,16,22-23H,5-6H2/q+2/t16-/m1/s1. The summed E-state index contributed by atoms with van der Waals surface area (Å²) in [6.07, 6.45) is 6.76. The Labute approximate surface area is 236 Å². The van der Waals surface area contributed by atoms with Gasteiger partial charge < -0.3 is 4.74 Å². The molecular weight excluding hydrogens is 600 g/mol. The Morgan fingerprint density at radius 1 is 1.02 bits per heavy atom. The zero-order valence-electron chi connectivity index (χ0n) is 20.3. The van der Waals surface area contributed by atoms with E-state index in [1.165, 1.54) is 45.2 Å². The molecule has 4 aromatic heterocycles. The van der Waals surface area contributed by atoms with Crippen LogP contribution in [0.15, 0.2) is 55.4 Å². The molecule has 0 radical (unpaired) electrons. The highest BCUT2D eigenvalue weighted by Gasteiger charge is 2.43. The number of nitrogens with zero attached hydrogens (tertiary/aromatic N) is 9. The first-order chi connectivity index (χ1) is 19.7. The molecule has 11 nitrogen and oxygen atoms in total. The fraction of sp³-hybridized carbons (Fsp3) is 0.217. The summed E-state index contributed by atoms with van der Waals surface area (Å²) in [6, 6.07) is 5.47. The summed E-state index contributed by atoms with van der Waals surface area (Å²) in [5, 5.41) is 14.7. The second-order valence-electron chi connectivity index (χ2n) is 8.68. The van der Waals surface area contributed by atoms with E-state index in [2.05, 4.69) is 25.4 Å². The molecule has 0 aliphatic carbocycles. The van der Waals surface area contributed by atoms with E-state index in [0.717, 1.165) is 6.20 Å². The zero-order valence-corrected chi connectivity index (χ0v) is 21.8. The highest BCUT2D eigenvalue weighted by molar-refractivity contribution is 6.33. The van der Waals surface area contributed by atoms with Crippen LogP contribution in [0, 0.1) is 5.82 Å². The molecule has 5 heterocycles. The predicted octanol–water partition coefficient (Wildman–Crippen LogP) is 3.83. The number of alkyl halides is 4. The first-order valence-corrected chi connectivity index (χ1v) is 12.5. The van der Waals surface area contributed by atoms with E-state index in [1.54, 1.807) is 22.9 Å². The average Bonchev–Trinajstić information content (AvgIpc) is 3.69. The van der Waals surface area contributed by atoms with Gasteiger partial charge in [0.2, 0.25) is 18.1 Å². The molecule has 0 spiro atoms. The zero-order chi connectivity index (χ0) is 28.8. The number of pyridine rings is 1. The summed E-state index contributed by atoms with van der Waals surface area (Å²) in [5.74, 6) is -0.736. The van der Waals surface area contributed by atoms with Crippen molar-refractivity contribution in [3.8, 4) is 28.1 Å². The number of aromatic nitrogens is 9. The minimum absolute atomic E-state index is 0.0366. The van der Waals surface area contributed by atoms with Crippen LogP contribution < -0.4 is 14.4 Å². The summed E-state index contributed by atoms with van der Waals surface area (Å²) >= 11 is 12.2. The number of rotatable bonds is 8. The van der Waals surface area contributed by atoms with Gasteiger partial charge in [0.15, 0.2) is 10.7 Å². The molecule has 1 aliphatic rings. The number of halogens is 7. The minimum Gasteiger partial charge on any atom is -0.323 e. The molecular formula is C23H16Cl2F5N9O2+2. The van der Waals surface area contributed by atoms with Gasteiger partial charge in [-0.1, -0.05) is 28.1 Å². The summed E-state index contributed by atoms with van der Waals surface area (Å²) in [7, 11) is 0. The predicted molar refractivity (Wildman–Crippen MR) is 129 cm³/mol. The lowest BCUT2D eigenvalue weighted by molar-refractivity contribution is -1.01. The molecule has 1 aromatic carbocycles. The fourth-order valence-electron chi connectivity index (χ4n) is 4.52. The topological polar surface area (TPSA) is 92.6 Å². The Kier molecular flexibility index (Phi) is 7.04. The molecule has 18 heteroatoms. The Bertz CT molecular complexity index is 1730. The fourth-order valence-corrected chi connectivity index (χ4v) is 4.92. The average molecular weight is 616 g/mol. The molecule has 0 bridgehead atoms. The van der Waals surface area contributed by atoms with E-state index in [1.807, 2.05) is 0 Å². The molecule has 5 aromatic rings. The van der Waals surface area contributed by atoms with Crippen LogP contribution >= 0.6 is 23.2 Å². The molecule has 1 atom stereocenters. The Balaban J connectivity index is 1.44. The van der Waals surface area contributed by atoms with Gasteiger partial charge in [-0.25, -0.2) is 9.07 Å². The normalized spacial score (nSPS) is 14.4. The highest BCUT2D eigenvalue weighted by atomic mass is 35.5. The van der Waals surface area contributed by atoms with Gasteiger partial charge in [0.1, 0.15) is 23.8 Å². The van der Waals surface area contributed by atoms with Crippen molar-refractivity contribution in [1.29, 1.82) is 0 Å². The van der Waals surface area contributed by atoms with Gasteiger partial charge in [-0.15, -0.1) is 5.10 Å². The number of fused-ring (bicyclic) bond motifs is 2. The van der Waals surface area contributed by atoms with Crippen molar-refractivity contribution in [2.45, 2.75) is 25.6 Å². The van der Waals surface area contributed by atoms with Crippen LogP contribution in [0.25, 0.3) is 28.1 Å². The number of ether oxygens (including phenoxy) is 1. The Morgan fingerprint density at radius 2 is 1.85 bits per heavy atom. The number of hydrogen-bond donors (Lipinski definition) is 0. The van der Waals surface area contributed by atoms with Crippen LogP contribution in [0.3, 0.4) is 0 Å².